The lowest BCUT2D eigenvalue weighted by molar-refractivity contribution is 0.0940. The van der Waals surface area contributed by atoms with Gasteiger partial charge < -0.3 is 15.4 Å². The van der Waals surface area contributed by atoms with Crippen molar-refractivity contribution in [3.8, 4) is 5.75 Å². The van der Waals surface area contributed by atoms with Gasteiger partial charge >= 0.3 is 0 Å². The highest BCUT2D eigenvalue weighted by Crippen LogP contribution is 2.35. The average Bonchev–Trinajstić information content (AvgIpc) is 2.52. The first-order chi connectivity index (χ1) is 10.2. The van der Waals surface area contributed by atoms with Crippen LogP contribution in [0.1, 0.15) is 50.3 Å². The maximum Gasteiger partial charge on any atom is 0.124 e. The molecule has 0 radical (unpaired) electrons. The molecule has 3 atom stereocenters. The molecule has 0 amide bonds. The zero-order chi connectivity index (χ0) is 14.8. The Hall–Kier alpha value is -1.06. The molecule has 3 unspecified atom stereocenters. The molecule has 2 aliphatic rings. The highest BCUT2D eigenvalue weighted by atomic mass is 16.5. The number of piperidine rings is 1. The second kappa shape index (κ2) is 6.37. The van der Waals surface area contributed by atoms with E-state index >= 15 is 0 Å². The third-order valence-electron chi connectivity index (χ3n) is 5.21. The lowest BCUT2D eigenvalue weighted by atomic mass is 9.88. The van der Waals surface area contributed by atoms with Crippen LogP contribution in [-0.2, 0) is 6.42 Å². The van der Waals surface area contributed by atoms with Crippen molar-refractivity contribution in [3.05, 3.63) is 29.3 Å². The second-order valence-corrected chi connectivity index (χ2v) is 6.66. The SMILES string of the molecule is CCc1ccc2c(c1)C(N)C(CN1CCCCC1C)CO2. The number of likely N-dealkylation sites (tertiary alicyclic amines) is 1. The third-order valence-corrected chi connectivity index (χ3v) is 5.21. The van der Waals surface area contributed by atoms with E-state index in [9.17, 15) is 0 Å². The number of hydrogen-bond donors (Lipinski definition) is 1. The van der Waals surface area contributed by atoms with Crippen LogP contribution in [0.5, 0.6) is 5.75 Å². The van der Waals surface area contributed by atoms with Gasteiger partial charge in [-0.15, -0.1) is 0 Å². The summed E-state index contributed by atoms with van der Waals surface area (Å²) in [6, 6.07) is 7.28. The van der Waals surface area contributed by atoms with Crippen molar-refractivity contribution >= 4 is 0 Å². The fraction of sp³-hybridized carbons (Fsp3) is 0.667. The van der Waals surface area contributed by atoms with E-state index in [1.165, 1.54) is 36.9 Å². The summed E-state index contributed by atoms with van der Waals surface area (Å²) < 4.78 is 5.98. The van der Waals surface area contributed by atoms with Gasteiger partial charge in [-0.3, -0.25) is 0 Å². The summed E-state index contributed by atoms with van der Waals surface area (Å²) in [5.41, 5.74) is 9.12. The Bertz CT molecular complexity index is 488. The molecule has 0 aliphatic carbocycles. The van der Waals surface area contributed by atoms with Gasteiger partial charge in [0.2, 0.25) is 0 Å². The Balaban J connectivity index is 1.73. The first-order valence-electron chi connectivity index (χ1n) is 8.44. The van der Waals surface area contributed by atoms with E-state index in [-0.39, 0.29) is 6.04 Å². The van der Waals surface area contributed by atoms with E-state index in [0.717, 1.165) is 25.3 Å². The summed E-state index contributed by atoms with van der Waals surface area (Å²) in [5.74, 6) is 1.40. The van der Waals surface area contributed by atoms with E-state index in [1.54, 1.807) is 0 Å². The van der Waals surface area contributed by atoms with Crippen LogP contribution >= 0.6 is 0 Å². The molecular formula is C18H28N2O. The summed E-state index contributed by atoms with van der Waals surface area (Å²) in [4.78, 5) is 2.60. The molecule has 2 aliphatic heterocycles. The van der Waals surface area contributed by atoms with Gasteiger partial charge in [0.15, 0.2) is 0 Å². The number of benzene rings is 1. The predicted molar refractivity (Wildman–Crippen MR) is 86.6 cm³/mol. The quantitative estimate of drug-likeness (QED) is 0.928. The number of hydrogen-bond acceptors (Lipinski definition) is 3. The van der Waals surface area contributed by atoms with Gasteiger partial charge in [0, 0.05) is 30.1 Å². The number of nitrogens with two attached hydrogens (primary N) is 1. The molecule has 3 heteroatoms. The molecule has 0 spiro atoms. The van der Waals surface area contributed by atoms with Crippen molar-refractivity contribution < 1.29 is 4.74 Å². The van der Waals surface area contributed by atoms with Crippen molar-refractivity contribution in [1.82, 2.24) is 4.90 Å². The molecular weight excluding hydrogens is 260 g/mol. The smallest absolute Gasteiger partial charge is 0.124 e. The van der Waals surface area contributed by atoms with Crippen molar-refractivity contribution in [1.29, 1.82) is 0 Å². The molecule has 1 saturated heterocycles. The van der Waals surface area contributed by atoms with Crippen LogP contribution in [0.25, 0.3) is 0 Å². The summed E-state index contributed by atoms with van der Waals surface area (Å²) in [6.45, 7) is 7.56. The van der Waals surface area contributed by atoms with Gasteiger partial charge in [-0.05, 0) is 44.4 Å². The molecule has 2 heterocycles. The Morgan fingerprint density at radius 2 is 2.19 bits per heavy atom. The minimum atomic E-state index is 0.106. The van der Waals surface area contributed by atoms with E-state index in [0.29, 0.717) is 12.0 Å². The first-order valence-corrected chi connectivity index (χ1v) is 8.44. The van der Waals surface area contributed by atoms with Crippen molar-refractivity contribution in [2.45, 2.75) is 51.6 Å². The highest BCUT2D eigenvalue weighted by molar-refractivity contribution is 5.41. The highest BCUT2D eigenvalue weighted by Gasteiger charge is 2.31. The van der Waals surface area contributed by atoms with E-state index in [4.69, 9.17) is 10.5 Å². The number of aryl methyl sites for hydroxylation is 1. The van der Waals surface area contributed by atoms with Crippen molar-refractivity contribution in [2.75, 3.05) is 19.7 Å². The standard InChI is InChI=1S/C18H28N2O/c1-3-14-7-8-17-16(10-14)18(19)15(12-21-17)11-20-9-5-4-6-13(20)2/h7-8,10,13,15,18H,3-6,9,11-12,19H2,1-2H3. The minimum absolute atomic E-state index is 0.106. The molecule has 3 rings (SSSR count). The van der Waals surface area contributed by atoms with Crippen molar-refractivity contribution in [2.24, 2.45) is 11.7 Å². The van der Waals surface area contributed by atoms with Gasteiger partial charge in [0.25, 0.3) is 0 Å². The monoisotopic (exact) mass is 288 g/mol. The van der Waals surface area contributed by atoms with E-state index in [1.807, 2.05) is 0 Å². The predicted octanol–water partition coefficient (Wildman–Crippen LogP) is 3.13. The largest absolute Gasteiger partial charge is 0.493 e. The fourth-order valence-corrected chi connectivity index (χ4v) is 3.66. The lowest BCUT2D eigenvalue weighted by Gasteiger charge is -2.39. The van der Waals surface area contributed by atoms with Crippen LogP contribution < -0.4 is 10.5 Å². The van der Waals surface area contributed by atoms with Gasteiger partial charge in [-0.2, -0.15) is 0 Å². The zero-order valence-corrected chi connectivity index (χ0v) is 13.3. The van der Waals surface area contributed by atoms with Crippen LogP contribution in [0, 0.1) is 5.92 Å². The molecule has 1 fully saturated rings. The number of fused-ring (bicyclic) bond motifs is 1. The maximum absolute atomic E-state index is 6.57. The molecule has 3 nitrogen and oxygen atoms in total. The molecule has 1 aromatic rings. The average molecular weight is 288 g/mol. The topological polar surface area (TPSA) is 38.5 Å². The normalized spacial score (nSPS) is 29.8. The first kappa shape index (κ1) is 14.9. The Morgan fingerprint density at radius 1 is 1.33 bits per heavy atom. The summed E-state index contributed by atoms with van der Waals surface area (Å²) in [5, 5.41) is 0. The van der Waals surface area contributed by atoms with E-state index in [2.05, 4.69) is 36.9 Å². The number of rotatable bonds is 3. The molecule has 2 N–H and O–H groups in total. The van der Waals surface area contributed by atoms with Gasteiger partial charge in [-0.1, -0.05) is 25.5 Å². The summed E-state index contributed by atoms with van der Waals surface area (Å²) >= 11 is 0. The van der Waals surface area contributed by atoms with Crippen LogP contribution in [0.3, 0.4) is 0 Å². The van der Waals surface area contributed by atoms with Crippen molar-refractivity contribution in [3.63, 3.8) is 0 Å². The minimum Gasteiger partial charge on any atom is -0.493 e. The van der Waals surface area contributed by atoms with Crippen LogP contribution in [0.2, 0.25) is 0 Å². The van der Waals surface area contributed by atoms with Crippen LogP contribution in [0.4, 0.5) is 0 Å². The molecule has 0 saturated carbocycles. The molecule has 1 aromatic carbocycles. The Morgan fingerprint density at radius 3 is 2.95 bits per heavy atom. The molecule has 116 valence electrons. The second-order valence-electron chi connectivity index (χ2n) is 6.66. The summed E-state index contributed by atoms with van der Waals surface area (Å²) in [6.07, 6.45) is 5.06. The van der Waals surface area contributed by atoms with Crippen LogP contribution in [-0.4, -0.2) is 30.6 Å². The molecule has 21 heavy (non-hydrogen) atoms. The zero-order valence-electron chi connectivity index (χ0n) is 13.3. The van der Waals surface area contributed by atoms with Crippen LogP contribution in [0.15, 0.2) is 18.2 Å². The maximum atomic E-state index is 6.57. The van der Waals surface area contributed by atoms with E-state index < -0.39 is 0 Å². The lowest BCUT2D eigenvalue weighted by Crippen LogP contribution is -2.45. The third kappa shape index (κ3) is 3.09. The van der Waals surface area contributed by atoms with Gasteiger partial charge in [0.05, 0.1) is 6.61 Å². The number of nitrogens with zero attached hydrogens (tertiary/aromatic N) is 1. The number of ether oxygens (including phenoxy) is 1. The van der Waals surface area contributed by atoms with Gasteiger partial charge in [-0.25, -0.2) is 0 Å². The van der Waals surface area contributed by atoms with Gasteiger partial charge in [0.1, 0.15) is 5.75 Å². The fourth-order valence-electron chi connectivity index (χ4n) is 3.66. The molecule has 0 aromatic heterocycles. The molecule has 0 bridgehead atoms. The Labute approximate surface area is 128 Å². The Kier molecular flexibility index (Phi) is 4.51. The summed E-state index contributed by atoms with van der Waals surface area (Å²) in [7, 11) is 0.